The lowest BCUT2D eigenvalue weighted by molar-refractivity contribution is -0.0815. The monoisotopic (exact) mass is 307 g/mol. The van der Waals surface area contributed by atoms with E-state index >= 15 is 0 Å². The summed E-state index contributed by atoms with van der Waals surface area (Å²) in [6.07, 6.45) is 2.23. The van der Waals surface area contributed by atoms with Crippen LogP contribution in [0.25, 0.3) is 0 Å². The molecule has 1 aromatic carbocycles. The molecular weight excluding hydrogens is 282 g/mol. The minimum absolute atomic E-state index is 0.0348. The number of hydrogen-bond donors (Lipinski definition) is 1. The van der Waals surface area contributed by atoms with Crippen LogP contribution in [0.3, 0.4) is 0 Å². The first-order valence-corrected chi connectivity index (χ1v) is 8.01. The van der Waals surface area contributed by atoms with Gasteiger partial charge in [-0.25, -0.2) is 0 Å². The maximum absolute atomic E-state index is 8.86. The summed E-state index contributed by atoms with van der Waals surface area (Å²) in [5, 5.41) is 8.86. The molecule has 2 aliphatic heterocycles. The first-order chi connectivity index (χ1) is 10.7. The van der Waals surface area contributed by atoms with Gasteiger partial charge in [-0.1, -0.05) is 19.1 Å². The topological polar surface area (TPSA) is 51.2 Å². The minimum atomic E-state index is -0.0348. The Morgan fingerprint density at radius 2 is 2.18 bits per heavy atom. The van der Waals surface area contributed by atoms with Crippen LogP contribution in [0.4, 0.5) is 0 Å². The van der Waals surface area contributed by atoms with Gasteiger partial charge in [-0.05, 0) is 25.0 Å². The summed E-state index contributed by atoms with van der Waals surface area (Å²) < 4.78 is 17.5. The Balaban J connectivity index is 1.61. The molecule has 2 atom stereocenters. The molecule has 22 heavy (non-hydrogen) atoms. The van der Waals surface area contributed by atoms with E-state index in [0.29, 0.717) is 19.8 Å². The third-order valence-electron chi connectivity index (χ3n) is 4.40. The van der Waals surface area contributed by atoms with Crippen molar-refractivity contribution < 1.29 is 19.3 Å². The molecule has 0 amide bonds. The minimum Gasteiger partial charge on any atom is -0.484 e. The SMILES string of the molecule is C[C@]1(COCCO)CCCN([C@@H]2COc3ccccc3O2)C1. The number of benzene rings is 1. The Labute approximate surface area is 131 Å². The molecule has 0 radical (unpaired) electrons. The Kier molecular flexibility index (Phi) is 4.86. The molecule has 5 heteroatoms. The van der Waals surface area contributed by atoms with Gasteiger partial charge in [0.2, 0.25) is 0 Å². The van der Waals surface area contributed by atoms with Crippen molar-refractivity contribution in [3.05, 3.63) is 24.3 Å². The van der Waals surface area contributed by atoms with Gasteiger partial charge in [0.15, 0.2) is 17.7 Å². The summed E-state index contributed by atoms with van der Waals surface area (Å²) in [5.41, 5.74) is 0.105. The number of ether oxygens (including phenoxy) is 3. The fourth-order valence-electron chi connectivity index (χ4n) is 3.29. The first kappa shape index (κ1) is 15.6. The molecule has 1 saturated heterocycles. The van der Waals surface area contributed by atoms with Crippen LogP contribution in [0.2, 0.25) is 0 Å². The quantitative estimate of drug-likeness (QED) is 0.842. The number of likely N-dealkylation sites (tertiary alicyclic amines) is 1. The van der Waals surface area contributed by atoms with Crippen molar-refractivity contribution in [2.75, 3.05) is 39.5 Å². The molecule has 0 aromatic heterocycles. The Bertz CT molecular complexity index is 495. The van der Waals surface area contributed by atoms with E-state index in [4.69, 9.17) is 19.3 Å². The molecule has 0 aliphatic carbocycles. The van der Waals surface area contributed by atoms with Crippen LogP contribution in [0, 0.1) is 5.41 Å². The lowest BCUT2D eigenvalue weighted by atomic mass is 9.82. The van der Waals surface area contributed by atoms with Crippen LogP contribution in [-0.4, -0.2) is 55.8 Å². The van der Waals surface area contributed by atoms with Gasteiger partial charge >= 0.3 is 0 Å². The van der Waals surface area contributed by atoms with Crippen LogP contribution in [0.1, 0.15) is 19.8 Å². The number of para-hydroxylation sites is 2. The lowest BCUT2D eigenvalue weighted by Gasteiger charge is -2.44. The van der Waals surface area contributed by atoms with Gasteiger partial charge in [0, 0.05) is 18.5 Å². The van der Waals surface area contributed by atoms with Crippen LogP contribution >= 0.6 is 0 Å². The van der Waals surface area contributed by atoms with Gasteiger partial charge in [0.1, 0.15) is 6.61 Å². The highest BCUT2D eigenvalue weighted by Gasteiger charge is 2.36. The summed E-state index contributed by atoms with van der Waals surface area (Å²) in [5.74, 6) is 1.65. The summed E-state index contributed by atoms with van der Waals surface area (Å²) in [7, 11) is 0. The zero-order chi connectivity index (χ0) is 15.4. The summed E-state index contributed by atoms with van der Waals surface area (Å²) in [6.45, 7) is 5.91. The van der Waals surface area contributed by atoms with Crippen LogP contribution in [0.15, 0.2) is 24.3 Å². The van der Waals surface area contributed by atoms with Crippen molar-refractivity contribution in [3.63, 3.8) is 0 Å². The van der Waals surface area contributed by atoms with Crippen LogP contribution < -0.4 is 9.47 Å². The highest BCUT2D eigenvalue weighted by atomic mass is 16.6. The lowest BCUT2D eigenvalue weighted by Crippen LogP contribution is -2.53. The number of hydrogen-bond acceptors (Lipinski definition) is 5. The molecule has 1 aromatic rings. The fourth-order valence-corrected chi connectivity index (χ4v) is 3.29. The number of fused-ring (bicyclic) bond motifs is 1. The fraction of sp³-hybridized carbons (Fsp3) is 0.647. The van der Waals surface area contributed by atoms with Crippen molar-refractivity contribution in [2.24, 2.45) is 5.41 Å². The van der Waals surface area contributed by atoms with Crippen molar-refractivity contribution in [1.29, 1.82) is 0 Å². The first-order valence-electron chi connectivity index (χ1n) is 8.01. The van der Waals surface area contributed by atoms with Gasteiger partial charge in [0.05, 0.1) is 19.8 Å². The van der Waals surface area contributed by atoms with Gasteiger partial charge in [-0.3, -0.25) is 4.90 Å². The average molecular weight is 307 g/mol. The maximum atomic E-state index is 8.86. The predicted octanol–water partition coefficient (Wildman–Crippen LogP) is 1.89. The van der Waals surface area contributed by atoms with E-state index in [1.165, 1.54) is 0 Å². The van der Waals surface area contributed by atoms with Crippen molar-refractivity contribution in [2.45, 2.75) is 26.0 Å². The number of aliphatic hydroxyl groups is 1. The smallest absolute Gasteiger partial charge is 0.187 e. The maximum Gasteiger partial charge on any atom is 0.187 e. The third kappa shape index (κ3) is 3.54. The van der Waals surface area contributed by atoms with Gasteiger partial charge < -0.3 is 19.3 Å². The molecule has 2 aliphatic rings. The highest BCUT2D eigenvalue weighted by molar-refractivity contribution is 5.40. The largest absolute Gasteiger partial charge is 0.484 e. The van der Waals surface area contributed by atoms with E-state index in [9.17, 15) is 0 Å². The second kappa shape index (κ2) is 6.86. The van der Waals surface area contributed by atoms with E-state index in [2.05, 4.69) is 11.8 Å². The molecule has 2 heterocycles. The van der Waals surface area contributed by atoms with E-state index < -0.39 is 0 Å². The van der Waals surface area contributed by atoms with E-state index in [0.717, 1.165) is 37.4 Å². The Morgan fingerprint density at radius 3 is 3.00 bits per heavy atom. The number of aliphatic hydroxyl groups excluding tert-OH is 1. The van der Waals surface area contributed by atoms with E-state index in [1.807, 2.05) is 24.3 Å². The molecule has 122 valence electrons. The molecule has 0 spiro atoms. The molecular formula is C17H25NO4. The molecule has 0 unspecified atom stereocenters. The second-order valence-electron chi connectivity index (χ2n) is 6.49. The van der Waals surface area contributed by atoms with Gasteiger partial charge in [-0.2, -0.15) is 0 Å². The van der Waals surface area contributed by atoms with Crippen LogP contribution in [-0.2, 0) is 4.74 Å². The van der Waals surface area contributed by atoms with Gasteiger partial charge in [-0.15, -0.1) is 0 Å². The normalized spacial score (nSPS) is 28.5. The van der Waals surface area contributed by atoms with Crippen molar-refractivity contribution in [1.82, 2.24) is 4.90 Å². The van der Waals surface area contributed by atoms with Crippen LogP contribution in [0.5, 0.6) is 11.5 Å². The summed E-state index contributed by atoms with van der Waals surface area (Å²) in [6, 6.07) is 7.82. The summed E-state index contributed by atoms with van der Waals surface area (Å²) in [4.78, 5) is 2.35. The van der Waals surface area contributed by atoms with E-state index in [-0.39, 0.29) is 18.2 Å². The molecule has 0 bridgehead atoms. The molecule has 5 nitrogen and oxygen atoms in total. The zero-order valence-electron chi connectivity index (χ0n) is 13.2. The molecule has 1 N–H and O–H groups in total. The number of piperidine rings is 1. The Hall–Kier alpha value is -1.30. The third-order valence-corrected chi connectivity index (χ3v) is 4.40. The number of nitrogens with zero attached hydrogens (tertiary/aromatic N) is 1. The molecule has 0 saturated carbocycles. The number of rotatable bonds is 5. The Morgan fingerprint density at radius 1 is 1.36 bits per heavy atom. The summed E-state index contributed by atoms with van der Waals surface area (Å²) >= 11 is 0. The van der Waals surface area contributed by atoms with Crippen molar-refractivity contribution in [3.8, 4) is 11.5 Å². The molecule has 1 fully saturated rings. The average Bonchev–Trinajstić information content (AvgIpc) is 2.54. The molecule has 3 rings (SSSR count). The second-order valence-corrected chi connectivity index (χ2v) is 6.49. The standard InChI is InChI=1S/C17H25NO4/c1-17(13-20-10-9-19)7-4-8-18(12-17)16-11-21-14-5-2-3-6-15(14)22-16/h2-3,5-6,16,19H,4,7-13H2,1H3/t16-,17-/m0/s1. The zero-order valence-corrected chi connectivity index (χ0v) is 13.2. The highest BCUT2D eigenvalue weighted by Crippen LogP contribution is 2.35. The van der Waals surface area contributed by atoms with Gasteiger partial charge in [0.25, 0.3) is 0 Å². The predicted molar refractivity (Wildman–Crippen MR) is 83.2 cm³/mol. The van der Waals surface area contributed by atoms with Crippen molar-refractivity contribution >= 4 is 0 Å². The van der Waals surface area contributed by atoms with E-state index in [1.54, 1.807) is 0 Å².